The summed E-state index contributed by atoms with van der Waals surface area (Å²) < 4.78 is 7.00. The molecule has 6 nitrogen and oxygen atoms in total. The van der Waals surface area contributed by atoms with Gasteiger partial charge in [-0.2, -0.15) is 0 Å². The molecule has 1 aromatic heterocycles. The summed E-state index contributed by atoms with van der Waals surface area (Å²) in [4.78, 5) is 14.3. The average molecular weight is 282 g/mol. The van der Waals surface area contributed by atoms with Gasteiger partial charge in [0.2, 0.25) is 0 Å². The number of nitro groups is 1. The van der Waals surface area contributed by atoms with E-state index in [2.05, 4.69) is 4.98 Å². The minimum atomic E-state index is -0.459. The highest BCUT2D eigenvalue weighted by Gasteiger charge is 2.16. The molecule has 0 fully saturated rings. The third-order valence-electron chi connectivity index (χ3n) is 2.60. The first-order valence-electron chi connectivity index (χ1n) is 5.63. The molecule has 2 rings (SSSR count). The van der Waals surface area contributed by atoms with Crippen molar-refractivity contribution >= 4 is 17.4 Å². The van der Waals surface area contributed by atoms with Gasteiger partial charge in [-0.25, -0.2) is 9.55 Å². The maximum absolute atomic E-state index is 10.8. The maximum Gasteiger partial charge on any atom is 0.342 e. The molecule has 7 heteroatoms. The summed E-state index contributed by atoms with van der Waals surface area (Å²) in [7, 11) is 0. The lowest BCUT2D eigenvalue weighted by Gasteiger charge is -2.06. The Hall–Kier alpha value is -2.08. The predicted octanol–water partition coefficient (Wildman–Crippen LogP) is 2.83. The summed E-state index contributed by atoms with van der Waals surface area (Å²) in [6.07, 6.45) is 1.24. The summed E-state index contributed by atoms with van der Waals surface area (Å²) in [5.74, 6) is 1.18. The third-order valence-corrected chi connectivity index (χ3v) is 2.84. The summed E-state index contributed by atoms with van der Waals surface area (Å²) >= 11 is 5.83. The quantitative estimate of drug-likeness (QED) is 0.624. The monoisotopic (exact) mass is 281 g/mol. The fraction of sp³-hybridized carbons (Fsp3) is 0.250. The van der Waals surface area contributed by atoms with E-state index in [1.54, 1.807) is 31.2 Å². The fourth-order valence-corrected chi connectivity index (χ4v) is 1.87. The van der Waals surface area contributed by atoms with Gasteiger partial charge >= 0.3 is 5.82 Å². The van der Waals surface area contributed by atoms with Gasteiger partial charge in [0.15, 0.2) is 5.82 Å². The molecule has 0 N–H and O–H groups in total. The summed E-state index contributed by atoms with van der Waals surface area (Å²) in [6.45, 7) is 2.37. The SMILES string of the molecule is Cc1ncc([N+](=O)[O-])n1CCOc1cccc(Cl)c1. The highest BCUT2D eigenvalue weighted by molar-refractivity contribution is 6.30. The molecule has 1 aromatic carbocycles. The Morgan fingerprint density at radius 2 is 2.32 bits per heavy atom. The van der Waals surface area contributed by atoms with Crippen LogP contribution in [0.5, 0.6) is 5.75 Å². The number of hydrogen-bond acceptors (Lipinski definition) is 4. The second kappa shape index (κ2) is 5.71. The number of ether oxygens (including phenoxy) is 1. The standard InChI is InChI=1S/C12H12ClN3O3/c1-9-14-8-12(16(17)18)15(9)5-6-19-11-4-2-3-10(13)7-11/h2-4,7-8H,5-6H2,1H3. The molecule has 0 bridgehead atoms. The maximum atomic E-state index is 10.8. The van der Waals surface area contributed by atoms with E-state index < -0.39 is 4.92 Å². The first kappa shape index (κ1) is 13.4. The number of halogens is 1. The highest BCUT2D eigenvalue weighted by atomic mass is 35.5. The molecule has 1 heterocycles. The minimum Gasteiger partial charge on any atom is -0.489 e. The lowest BCUT2D eigenvalue weighted by atomic mass is 10.3. The number of nitrogens with zero attached hydrogens (tertiary/aromatic N) is 3. The molecule has 100 valence electrons. The van der Waals surface area contributed by atoms with E-state index in [4.69, 9.17) is 16.3 Å². The van der Waals surface area contributed by atoms with Gasteiger partial charge in [0, 0.05) is 11.9 Å². The van der Waals surface area contributed by atoms with Crippen LogP contribution in [0.25, 0.3) is 0 Å². The summed E-state index contributed by atoms with van der Waals surface area (Å²) in [5.41, 5.74) is 0. The molecule has 2 aromatic rings. The Labute approximate surface area is 114 Å². The smallest absolute Gasteiger partial charge is 0.342 e. The molecule has 0 saturated carbocycles. The molecule has 0 amide bonds. The van der Waals surface area contributed by atoms with E-state index in [1.807, 2.05) is 0 Å². The lowest BCUT2D eigenvalue weighted by molar-refractivity contribution is -0.392. The molecule has 19 heavy (non-hydrogen) atoms. The summed E-state index contributed by atoms with van der Waals surface area (Å²) in [5, 5.41) is 11.4. The van der Waals surface area contributed by atoms with E-state index in [1.165, 1.54) is 10.8 Å². The van der Waals surface area contributed by atoms with Gasteiger partial charge in [0.25, 0.3) is 0 Å². The predicted molar refractivity (Wildman–Crippen MR) is 70.6 cm³/mol. The van der Waals surface area contributed by atoms with E-state index in [-0.39, 0.29) is 5.82 Å². The number of hydrogen-bond donors (Lipinski definition) is 0. The van der Waals surface area contributed by atoms with Crippen LogP contribution in [-0.4, -0.2) is 21.1 Å². The minimum absolute atomic E-state index is 0.0350. The second-order valence-electron chi connectivity index (χ2n) is 3.88. The van der Waals surface area contributed by atoms with Gasteiger partial charge in [-0.15, -0.1) is 0 Å². The van der Waals surface area contributed by atoms with E-state index in [0.29, 0.717) is 29.7 Å². The molecule has 0 spiro atoms. The molecular weight excluding hydrogens is 270 g/mol. The number of aryl methyl sites for hydroxylation is 1. The molecule has 0 unspecified atom stereocenters. The molecule has 0 aliphatic rings. The zero-order valence-electron chi connectivity index (χ0n) is 10.2. The normalized spacial score (nSPS) is 10.4. The van der Waals surface area contributed by atoms with Gasteiger partial charge in [-0.05, 0) is 23.1 Å². The zero-order valence-corrected chi connectivity index (χ0v) is 11.0. The molecule has 0 radical (unpaired) electrons. The largest absolute Gasteiger partial charge is 0.489 e. The van der Waals surface area contributed by atoms with Crippen molar-refractivity contribution in [3.05, 3.63) is 51.4 Å². The van der Waals surface area contributed by atoms with Crippen molar-refractivity contribution in [1.29, 1.82) is 0 Å². The number of benzene rings is 1. The van der Waals surface area contributed by atoms with Crippen LogP contribution < -0.4 is 4.74 Å². The van der Waals surface area contributed by atoms with Crippen molar-refractivity contribution in [2.45, 2.75) is 13.5 Å². The first-order chi connectivity index (χ1) is 9.08. The number of aromatic nitrogens is 2. The van der Waals surface area contributed by atoms with Crippen molar-refractivity contribution in [2.75, 3.05) is 6.61 Å². The van der Waals surface area contributed by atoms with E-state index in [0.717, 1.165) is 0 Å². The molecule has 0 aliphatic carbocycles. The van der Waals surface area contributed by atoms with Crippen molar-refractivity contribution in [3.8, 4) is 5.75 Å². The third kappa shape index (κ3) is 3.23. The van der Waals surface area contributed by atoms with Gasteiger partial charge in [-0.3, -0.25) is 0 Å². The van der Waals surface area contributed by atoms with Crippen LogP contribution in [0.15, 0.2) is 30.5 Å². The molecular formula is C12H12ClN3O3. The second-order valence-corrected chi connectivity index (χ2v) is 4.31. The number of imidazole rings is 1. The summed E-state index contributed by atoms with van der Waals surface area (Å²) in [6, 6.07) is 7.00. The Balaban J connectivity index is 2.00. The topological polar surface area (TPSA) is 70.2 Å². The Morgan fingerprint density at radius 1 is 1.53 bits per heavy atom. The van der Waals surface area contributed by atoms with Gasteiger partial charge in [0.05, 0.1) is 0 Å². The molecule has 0 aliphatic heterocycles. The molecule has 0 atom stereocenters. The van der Waals surface area contributed by atoms with Crippen LogP contribution in [0, 0.1) is 17.0 Å². The zero-order chi connectivity index (χ0) is 13.8. The molecule has 0 saturated heterocycles. The van der Waals surface area contributed by atoms with Crippen LogP contribution in [-0.2, 0) is 6.54 Å². The van der Waals surface area contributed by atoms with Crippen LogP contribution >= 0.6 is 11.6 Å². The van der Waals surface area contributed by atoms with Crippen molar-refractivity contribution in [3.63, 3.8) is 0 Å². The van der Waals surface area contributed by atoms with Crippen molar-refractivity contribution in [1.82, 2.24) is 9.55 Å². The van der Waals surface area contributed by atoms with Crippen LogP contribution in [0.3, 0.4) is 0 Å². The Bertz CT molecular complexity index is 598. The van der Waals surface area contributed by atoms with Crippen LogP contribution in [0.2, 0.25) is 5.02 Å². The van der Waals surface area contributed by atoms with Gasteiger partial charge in [-0.1, -0.05) is 17.7 Å². The van der Waals surface area contributed by atoms with Gasteiger partial charge < -0.3 is 14.9 Å². The van der Waals surface area contributed by atoms with Crippen molar-refractivity contribution < 1.29 is 9.66 Å². The highest BCUT2D eigenvalue weighted by Crippen LogP contribution is 2.18. The fourth-order valence-electron chi connectivity index (χ4n) is 1.69. The van der Waals surface area contributed by atoms with E-state index >= 15 is 0 Å². The Morgan fingerprint density at radius 3 is 3.00 bits per heavy atom. The van der Waals surface area contributed by atoms with E-state index in [9.17, 15) is 10.1 Å². The first-order valence-corrected chi connectivity index (χ1v) is 6.00. The lowest BCUT2D eigenvalue weighted by Crippen LogP contribution is -2.11. The van der Waals surface area contributed by atoms with Crippen molar-refractivity contribution in [2.24, 2.45) is 0 Å². The number of rotatable bonds is 5. The average Bonchev–Trinajstić information content (AvgIpc) is 2.71. The van der Waals surface area contributed by atoms with Crippen LogP contribution in [0.1, 0.15) is 5.82 Å². The van der Waals surface area contributed by atoms with Crippen LogP contribution in [0.4, 0.5) is 5.82 Å². The van der Waals surface area contributed by atoms with Gasteiger partial charge in [0.1, 0.15) is 25.1 Å². The Kier molecular flexibility index (Phi) is 4.01.